The number of allylic oxidation sites excluding steroid dienone is 2. The van der Waals surface area contributed by atoms with Crippen molar-refractivity contribution in [1.82, 2.24) is 4.90 Å². The van der Waals surface area contributed by atoms with Crippen molar-refractivity contribution in [2.45, 2.75) is 0 Å². The van der Waals surface area contributed by atoms with Gasteiger partial charge in [0, 0.05) is 23.7 Å². The van der Waals surface area contributed by atoms with Crippen LogP contribution >= 0.6 is 11.3 Å². The zero-order valence-electron chi connectivity index (χ0n) is 13.6. The number of halogens is 1. The van der Waals surface area contributed by atoms with Crippen LogP contribution in [-0.2, 0) is 4.74 Å². The van der Waals surface area contributed by atoms with Gasteiger partial charge >= 0.3 is 0 Å². The monoisotopic (exact) mass is 343 g/mol. The van der Waals surface area contributed by atoms with E-state index in [4.69, 9.17) is 4.74 Å². The summed E-state index contributed by atoms with van der Waals surface area (Å²) in [7, 11) is 3.16. The highest BCUT2D eigenvalue weighted by molar-refractivity contribution is 7.17. The summed E-state index contributed by atoms with van der Waals surface area (Å²) in [4.78, 5) is 15.5. The fraction of sp³-hybridized carbons (Fsp3) is 0.105. The van der Waals surface area contributed by atoms with E-state index < -0.39 is 0 Å². The Morgan fingerprint density at radius 1 is 1.33 bits per heavy atom. The lowest BCUT2D eigenvalue weighted by atomic mass is 10.2. The van der Waals surface area contributed by atoms with Crippen LogP contribution in [0, 0.1) is 5.82 Å². The van der Waals surface area contributed by atoms with E-state index in [1.807, 2.05) is 12.1 Å². The minimum atomic E-state index is -0.305. The Morgan fingerprint density at radius 3 is 2.71 bits per heavy atom. The van der Waals surface area contributed by atoms with Crippen LogP contribution < -0.4 is 0 Å². The number of thiophene rings is 1. The topological polar surface area (TPSA) is 29.5 Å². The SMILES string of the molecule is C=C/C(=C\C(=C)OC)N(C)C(=O)c1ccc(-c2cccc(F)c2)s1. The minimum absolute atomic E-state index is 0.183. The third-order valence-electron chi connectivity index (χ3n) is 3.40. The number of likely N-dealkylation sites (N-methyl/N-ethyl adjacent to an activating group) is 1. The van der Waals surface area contributed by atoms with Crippen LogP contribution in [0.3, 0.4) is 0 Å². The molecular formula is C19H18FNO2S. The van der Waals surface area contributed by atoms with E-state index in [9.17, 15) is 9.18 Å². The number of amides is 1. The molecule has 0 fully saturated rings. The van der Waals surface area contributed by atoms with Gasteiger partial charge in [-0.25, -0.2) is 4.39 Å². The van der Waals surface area contributed by atoms with E-state index in [0.717, 1.165) is 10.4 Å². The van der Waals surface area contributed by atoms with Gasteiger partial charge in [-0.3, -0.25) is 4.79 Å². The second-order valence-corrected chi connectivity index (χ2v) is 6.07. The quantitative estimate of drug-likeness (QED) is 0.554. The van der Waals surface area contributed by atoms with Gasteiger partial charge in [0.25, 0.3) is 5.91 Å². The van der Waals surface area contributed by atoms with Crippen molar-refractivity contribution in [2.24, 2.45) is 0 Å². The predicted octanol–water partition coefficient (Wildman–Crippen LogP) is 4.86. The molecule has 0 aliphatic rings. The molecule has 1 amide bonds. The van der Waals surface area contributed by atoms with Crippen molar-refractivity contribution in [3.05, 3.63) is 83.9 Å². The van der Waals surface area contributed by atoms with Crippen LogP contribution in [-0.4, -0.2) is 25.0 Å². The van der Waals surface area contributed by atoms with Crippen LogP contribution in [0.5, 0.6) is 0 Å². The van der Waals surface area contributed by atoms with Crippen LogP contribution in [0.25, 0.3) is 10.4 Å². The van der Waals surface area contributed by atoms with Crippen molar-refractivity contribution in [3.8, 4) is 10.4 Å². The zero-order chi connectivity index (χ0) is 17.7. The summed E-state index contributed by atoms with van der Waals surface area (Å²) < 4.78 is 18.3. The first kappa shape index (κ1) is 17.7. The van der Waals surface area contributed by atoms with Gasteiger partial charge in [0.05, 0.1) is 12.0 Å². The molecule has 2 rings (SSSR count). The molecule has 0 spiro atoms. The van der Waals surface area contributed by atoms with E-state index in [1.54, 1.807) is 31.3 Å². The molecule has 0 saturated carbocycles. The van der Waals surface area contributed by atoms with E-state index in [-0.39, 0.29) is 11.7 Å². The average Bonchev–Trinajstić information content (AvgIpc) is 3.08. The number of ether oxygens (including phenoxy) is 1. The van der Waals surface area contributed by atoms with Gasteiger partial charge in [-0.1, -0.05) is 25.3 Å². The van der Waals surface area contributed by atoms with E-state index in [1.165, 1.54) is 35.5 Å². The summed E-state index contributed by atoms with van der Waals surface area (Å²) in [6.45, 7) is 7.42. The molecule has 124 valence electrons. The highest BCUT2D eigenvalue weighted by Crippen LogP contribution is 2.29. The standard InChI is InChI=1S/C19H18FNO2S/c1-5-16(11-13(2)23-4)21(3)19(22)18-10-9-17(24-18)14-7-6-8-15(20)12-14/h5-12H,1-2H2,3-4H3/b16-11+. The van der Waals surface area contributed by atoms with Crippen LogP contribution in [0.2, 0.25) is 0 Å². The molecule has 3 nitrogen and oxygen atoms in total. The smallest absolute Gasteiger partial charge is 0.268 e. The molecule has 0 saturated heterocycles. The number of carbonyl (C=O) groups excluding carboxylic acids is 1. The molecule has 1 heterocycles. The van der Waals surface area contributed by atoms with Crippen molar-refractivity contribution in [3.63, 3.8) is 0 Å². The Kier molecular flexibility index (Phi) is 5.71. The highest BCUT2D eigenvalue weighted by atomic mass is 32.1. The average molecular weight is 343 g/mol. The minimum Gasteiger partial charge on any atom is -0.497 e. The van der Waals surface area contributed by atoms with E-state index >= 15 is 0 Å². The number of nitrogens with zero attached hydrogens (tertiary/aromatic N) is 1. The number of benzene rings is 1. The lowest BCUT2D eigenvalue weighted by Gasteiger charge is -2.17. The molecule has 0 aliphatic heterocycles. The molecule has 5 heteroatoms. The lowest BCUT2D eigenvalue weighted by Crippen LogP contribution is -2.24. The van der Waals surface area contributed by atoms with E-state index in [0.29, 0.717) is 16.3 Å². The number of hydrogen-bond donors (Lipinski definition) is 0. The van der Waals surface area contributed by atoms with Gasteiger partial charge in [-0.05, 0) is 35.9 Å². The van der Waals surface area contributed by atoms with Gasteiger partial charge in [0.2, 0.25) is 0 Å². The van der Waals surface area contributed by atoms with Crippen molar-refractivity contribution in [2.75, 3.05) is 14.2 Å². The van der Waals surface area contributed by atoms with E-state index in [2.05, 4.69) is 13.2 Å². The summed E-state index contributed by atoms with van der Waals surface area (Å²) in [5.41, 5.74) is 1.32. The third-order valence-corrected chi connectivity index (χ3v) is 4.52. The van der Waals surface area contributed by atoms with Gasteiger partial charge < -0.3 is 9.64 Å². The highest BCUT2D eigenvalue weighted by Gasteiger charge is 2.17. The number of rotatable bonds is 6. The zero-order valence-corrected chi connectivity index (χ0v) is 14.4. The molecule has 0 aliphatic carbocycles. The normalized spacial score (nSPS) is 11.0. The molecule has 0 unspecified atom stereocenters. The van der Waals surface area contributed by atoms with Gasteiger partial charge in [0.1, 0.15) is 11.6 Å². The van der Waals surface area contributed by atoms with Gasteiger partial charge in [0.15, 0.2) is 0 Å². The lowest BCUT2D eigenvalue weighted by molar-refractivity contribution is 0.0844. The molecule has 24 heavy (non-hydrogen) atoms. The molecule has 1 aromatic heterocycles. The van der Waals surface area contributed by atoms with Gasteiger partial charge in [-0.2, -0.15) is 0 Å². The first-order valence-electron chi connectivity index (χ1n) is 7.17. The Morgan fingerprint density at radius 2 is 2.08 bits per heavy atom. The van der Waals surface area contributed by atoms with Crippen molar-refractivity contribution < 1.29 is 13.9 Å². The van der Waals surface area contributed by atoms with Crippen molar-refractivity contribution >= 4 is 17.2 Å². The third kappa shape index (κ3) is 4.00. The van der Waals surface area contributed by atoms with Crippen LogP contribution in [0.1, 0.15) is 9.67 Å². The molecule has 0 N–H and O–H groups in total. The Hall–Kier alpha value is -2.66. The summed E-state index contributed by atoms with van der Waals surface area (Å²) in [6, 6.07) is 9.83. The first-order valence-corrected chi connectivity index (χ1v) is 7.98. The Bertz CT molecular complexity index is 807. The summed E-state index contributed by atoms with van der Waals surface area (Å²) in [5.74, 6) is -0.0604. The van der Waals surface area contributed by atoms with Crippen molar-refractivity contribution in [1.29, 1.82) is 0 Å². The summed E-state index contributed by atoms with van der Waals surface area (Å²) in [5, 5.41) is 0. The van der Waals surface area contributed by atoms with Crippen LogP contribution in [0.4, 0.5) is 4.39 Å². The fourth-order valence-corrected chi connectivity index (χ4v) is 3.03. The maximum absolute atomic E-state index is 13.3. The summed E-state index contributed by atoms with van der Waals surface area (Å²) >= 11 is 1.31. The van der Waals surface area contributed by atoms with Crippen LogP contribution in [0.15, 0.2) is 73.2 Å². The van der Waals surface area contributed by atoms with Gasteiger partial charge in [-0.15, -0.1) is 11.3 Å². The second kappa shape index (κ2) is 7.75. The molecule has 2 aromatic rings. The molecule has 0 radical (unpaired) electrons. The number of carbonyl (C=O) groups is 1. The maximum atomic E-state index is 13.3. The first-order chi connectivity index (χ1) is 11.5. The number of hydrogen-bond acceptors (Lipinski definition) is 3. The fourth-order valence-electron chi connectivity index (χ4n) is 2.05. The number of methoxy groups -OCH3 is 1. The predicted molar refractivity (Wildman–Crippen MR) is 96.2 cm³/mol. The molecule has 0 atom stereocenters. The molecular weight excluding hydrogens is 325 g/mol. The summed E-state index contributed by atoms with van der Waals surface area (Å²) in [6.07, 6.45) is 3.19. The Balaban J connectivity index is 2.26. The molecule has 0 bridgehead atoms. The maximum Gasteiger partial charge on any atom is 0.268 e. The molecule has 1 aromatic carbocycles. The second-order valence-electron chi connectivity index (χ2n) is 4.98. The largest absolute Gasteiger partial charge is 0.497 e. The Labute approximate surface area is 145 Å².